The summed E-state index contributed by atoms with van der Waals surface area (Å²) >= 11 is 0. The van der Waals surface area contributed by atoms with E-state index >= 15 is 0 Å². The minimum atomic E-state index is -0.425. The fourth-order valence-corrected chi connectivity index (χ4v) is 1.12. The Hall–Kier alpha value is -0.610. The summed E-state index contributed by atoms with van der Waals surface area (Å²) in [5.74, 6) is -0.00208. The van der Waals surface area contributed by atoms with E-state index in [1.807, 2.05) is 0 Å². The van der Waals surface area contributed by atoms with Crippen molar-refractivity contribution in [2.75, 3.05) is 13.1 Å². The van der Waals surface area contributed by atoms with Gasteiger partial charge in [-0.05, 0) is 0 Å². The monoisotopic (exact) mass is 158 g/mol. The van der Waals surface area contributed by atoms with E-state index in [1.54, 1.807) is 6.92 Å². The molecule has 0 bridgehead atoms. The Labute approximate surface area is 66.0 Å². The van der Waals surface area contributed by atoms with Gasteiger partial charge in [0.05, 0.1) is 12.1 Å². The van der Waals surface area contributed by atoms with Crippen LogP contribution in [0, 0.1) is 0 Å². The molecule has 0 spiro atoms. The molecule has 3 N–H and O–H groups in total. The second-order valence-electron chi connectivity index (χ2n) is 2.75. The van der Waals surface area contributed by atoms with Gasteiger partial charge in [0.25, 0.3) is 0 Å². The van der Waals surface area contributed by atoms with Crippen molar-refractivity contribution in [1.29, 1.82) is 0 Å². The highest BCUT2D eigenvalue weighted by molar-refractivity contribution is 5.75. The fraction of sp³-hybridized carbons (Fsp3) is 0.857. The molecule has 0 aromatic rings. The van der Waals surface area contributed by atoms with Crippen LogP contribution in [-0.2, 0) is 4.79 Å². The first kappa shape index (κ1) is 8.49. The fourth-order valence-electron chi connectivity index (χ4n) is 1.12. The molecule has 11 heavy (non-hydrogen) atoms. The molecule has 64 valence electrons. The van der Waals surface area contributed by atoms with Crippen LogP contribution < -0.4 is 10.6 Å². The number of nitrogens with one attached hydrogen (secondary N) is 2. The molecular formula is C7H14N2O2. The molecule has 4 heteroatoms. The lowest BCUT2D eigenvalue weighted by molar-refractivity contribution is -0.121. The van der Waals surface area contributed by atoms with Gasteiger partial charge in [-0.2, -0.15) is 0 Å². The molecule has 0 unspecified atom stereocenters. The van der Waals surface area contributed by atoms with Gasteiger partial charge >= 0.3 is 0 Å². The molecule has 1 aliphatic rings. The van der Waals surface area contributed by atoms with Gasteiger partial charge in [-0.25, -0.2) is 0 Å². The number of hydrogen-bond donors (Lipinski definition) is 3. The number of aliphatic hydroxyl groups excluding tert-OH is 1. The number of amides is 1. The molecule has 1 heterocycles. The predicted octanol–water partition coefficient (Wildman–Crippen LogP) is -1.15. The Morgan fingerprint density at radius 1 is 1.73 bits per heavy atom. The Morgan fingerprint density at radius 2 is 2.45 bits per heavy atom. The maximum absolute atomic E-state index is 10.9. The van der Waals surface area contributed by atoms with Gasteiger partial charge in [0.15, 0.2) is 0 Å². The molecule has 0 aromatic carbocycles. The molecule has 4 nitrogen and oxygen atoms in total. The quantitative estimate of drug-likeness (QED) is 0.475. The van der Waals surface area contributed by atoms with E-state index in [2.05, 4.69) is 10.6 Å². The van der Waals surface area contributed by atoms with Gasteiger partial charge in [0.2, 0.25) is 5.91 Å². The lowest BCUT2D eigenvalue weighted by Crippen LogP contribution is -2.42. The number of carbonyl (C=O) groups is 1. The zero-order chi connectivity index (χ0) is 8.27. The van der Waals surface area contributed by atoms with Crippen LogP contribution in [0.3, 0.4) is 0 Å². The van der Waals surface area contributed by atoms with Gasteiger partial charge < -0.3 is 15.7 Å². The van der Waals surface area contributed by atoms with Gasteiger partial charge in [-0.1, -0.05) is 6.92 Å². The molecule has 1 fully saturated rings. The standard InChI is InChI=1S/C7H14N2O2/c1-2-7(11)9-5-3-8-4-6(5)10/h5-6,8,10H,2-4H2,1H3,(H,9,11)/t5-,6-/m0/s1. The average Bonchev–Trinajstić information content (AvgIpc) is 2.37. The molecular weight excluding hydrogens is 144 g/mol. The minimum absolute atomic E-state index is 0.00208. The van der Waals surface area contributed by atoms with Crippen molar-refractivity contribution >= 4 is 5.91 Å². The summed E-state index contributed by atoms with van der Waals surface area (Å²) in [5.41, 5.74) is 0. The van der Waals surface area contributed by atoms with Crippen LogP contribution in [0.1, 0.15) is 13.3 Å². The SMILES string of the molecule is CCC(=O)N[C@H]1CNC[C@@H]1O. The third-order valence-corrected chi connectivity index (χ3v) is 1.85. The van der Waals surface area contributed by atoms with Crippen LogP contribution in [0.25, 0.3) is 0 Å². The normalized spacial score (nSPS) is 30.4. The molecule has 1 saturated heterocycles. The summed E-state index contributed by atoms with van der Waals surface area (Å²) in [7, 11) is 0. The van der Waals surface area contributed by atoms with E-state index < -0.39 is 6.10 Å². The number of rotatable bonds is 2. The summed E-state index contributed by atoms with van der Waals surface area (Å²) in [6, 6.07) is -0.0950. The molecule has 0 radical (unpaired) electrons. The zero-order valence-electron chi connectivity index (χ0n) is 6.63. The maximum Gasteiger partial charge on any atom is 0.220 e. The molecule has 1 amide bonds. The number of aliphatic hydroxyl groups is 1. The Balaban J connectivity index is 2.30. The molecule has 0 aliphatic carbocycles. The summed E-state index contributed by atoms with van der Waals surface area (Å²) in [5, 5.41) is 15.0. The van der Waals surface area contributed by atoms with Crippen LogP contribution in [0.5, 0.6) is 0 Å². The van der Waals surface area contributed by atoms with Crippen molar-refractivity contribution in [2.24, 2.45) is 0 Å². The molecule has 0 aromatic heterocycles. The Morgan fingerprint density at radius 3 is 2.91 bits per heavy atom. The summed E-state index contributed by atoms with van der Waals surface area (Å²) in [6.07, 6.45) is 0.0500. The third-order valence-electron chi connectivity index (χ3n) is 1.85. The lowest BCUT2D eigenvalue weighted by Gasteiger charge is -2.14. The van der Waals surface area contributed by atoms with Crippen molar-refractivity contribution in [3.63, 3.8) is 0 Å². The van der Waals surface area contributed by atoms with E-state index in [1.165, 1.54) is 0 Å². The minimum Gasteiger partial charge on any atom is -0.390 e. The van der Waals surface area contributed by atoms with E-state index in [0.29, 0.717) is 19.5 Å². The van der Waals surface area contributed by atoms with E-state index in [9.17, 15) is 9.90 Å². The van der Waals surface area contributed by atoms with Crippen molar-refractivity contribution in [3.05, 3.63) is 0 Å². The summed E-state index contributed by atoms with van der Waals surface area (Å²) in [6.45, 7) is 3.05. The van der Waals surface area contributed by atoms with Gasteiger partial charge in [-0.15, -0.1) is 0 Å². The molecule has 1 rings (SSSR count). The number of hydrogen-bond acceptors (Lipinski definition) is 3. The first-order chi connectivity index (χ1) is 5.24. The third kappa shape index (κ3) is 2.17. The smallest absolute Gasteiger partial charge is 0.220 e. The molecule has 0 saturated carbocycles. The van der Waals surface area contributed by atoms with E-state index in [4.69, 9.17) is 0 Å². The maximum atomic E-state index is 10.9. The van der Waals surface area contributed by atoms with Crippen molar-refractivity contribution < 1.29 is 9.90 Å². The van der Waals surface area contributed by atoms with Crippen molar-refractivity contribution in [2.45, 2.75) is 25.5 Å². The van der Waals surface area contributed by atoms with Crippen LogP contribution in [0.2, 0.25) is 0 Å². The highest BCUT2D eigenvalue weighted by atomic mass is 16.3. The van der Waals surface area contributed by atoms with Crippen LogP contribution >= 0.6 is 0 Å². The Bertz CT molecular complexity index is 149. The summed E-state index contributed by atoms with van der Waals surface area (Å²) < 4.78 is 0. The molecule has 1 aliphatic heterocycles. The highest BCUT2D eigenvalue weighted by Gasteiger charge is 2.25. The van der Waals surface area contributed by atoms with Crippen molar-refractivity contribution in [1.82, 2.24) is 10.6 Å². The topological polar surface area (TPSA) is 61.4 Å². The van der Waals surface area contributed by atoms with Crippen LogP contribution in [-0.4, -0.2) is 36.2 Å². The van der Waals surface area contributed by atoms with Gasteiger partial charge in [-0.3, -0.25) is 4.79 Å². The number of β-amino-alcohol motifs (C(OH)–C–C–N with tert-alkyl or cyclic N) is 1. The summed E-state index contributed by atoms with van der Waals surface area (Å²) in [4.78, 5) is 10.9. The first-order valence-electron chi connectivity index (χ1n) is 3.92. The second kappa shape index (κ2) is 3.69. The average molecular weight is 158 g/mol. The molecule has 2 atom stereocenters. The number of carbonyl (C=O) groups excluding carboxylic acids is 1. The Kier molecular flexibility index (Phi) is 2.84. The van der Waals surface area contributed by atoms with E-state index in [-0.39, 0.29) is 11.9 Å². The zero-order valence-corrected chi connectivity index (χ0v) is 6.63. The second-order valence-corrected chi connectivity index (χ2v) is 2.75. The predicted molar refractivity (Wildman–Crippen MR) is 41.1 cm³/mol. The van der Waals surface area contributed by atoms with Crippen LogP contribution in [0.4, 0.5) is 0 Å². The van der Waals surface area contributed by atoms with Gasteiger partial charge in [0.1, 0.15) is 0 Å². The van der Waals surface area contributed by atoms with Crippen molar-refractivity contribution in [3.8, 4) is 0 Å². The first-order valence-corrected chi connectivity index (χ1v) is 3.92. The largest absolute Gasteiger partial charge is 0.390 e. The van der Waals surface area contributed by atoms with E-state index in [0.717, 1.165) is 0 Å². The highest BCUT2D eigenvalue weighted by Crippen LogP contribution is 1.98. The van der Waals surface area contributed by atoms with Crippen LogP contribution in [0.15, 0.2) is 0 Å². The lowest BCUT2D eigenvalue weighted by atomic mass is 10.2. The van der Waals surface area contributed by atoms with Gasteiger partial charge in [0, 0.05) is 19.5 Å².